The number of nitrogens with one attached hydrogen (secondary N) is 2. The standard InChI is InChI=1S/C18H26N2O2.ClH/c1-13(2)22-12-14-4-3-5-15(10-14)20-17(21)16-11-18(16)6-8-19-9-7-18;/h3-5,10,13,16,19H,6-9,11-12H2,1-2H3,(H,20,21);1H. The molecule has 4 nitrogen and oxygen atoms in total. The normalized spacial score (nSPS) is 21.8. The average molecular weight is 339 g/mol. The molecule has 1 spiro atoms. The van der Waals surface area contributed by atoms with Crippen LogP contribution in [-0.2, 0) is 16.1 Å². The Balaban J connectivity index is 0.00000192. The highest BCUT2D eigenvalue weighted by atomic mass is 35.5. The van der Waals surface area contributed by atoms with Crippen molar-refractivity contribution in [3.05, 3.63) is 29.8 Å². The first-order valence-electron chi connectivity index (χ1n) is 8.31. The Kier molecular flexibility index (Phi) is 6.06. The quantitative estimate of drug-likeness (QED) is 0.865. The van der Waals surface area contributed by atoms with E-state index in [2.05, 4.69) is 10.6 Å². The zero-order valence-electron chi connectivity index (χ0n) is 13.9. The molecule has 1 aliphatic carbocycles. The molecule has 0 aromatic heterocycles. The maximum Gasteiger partial charge on any atom is 0.228 e. The first kappa shape index (κ1) is 18.2. The van der Waals surface area contributed by atoms with Crippen molar-refractivity contribution in [3.8, 4) is 0 Å². The van der Waals surface area contributed by atoms with E-state index >= 15 is 0 Å². The van der Waals surface area contributed by atoms with Crippen molar-refractivity contribution in [1.29, 1.82) is 0 Å². The second kappa shape index (κ2) is 7.65. The Morgan fingerprint density at radius 2 is 2.13 bits per heavy atom. The summed E-state index contributed by atoms with van der Waals surface area (Å²) in [6.07, 6.45) is 3.53. The molecule has 3 rings (SSSR count). The summed E-state index contributed by atoms with van der Waals surface area (Å²) < 4.78 is 5.62. The van der Waals surface area contributed by atoms with E-state index in [-0.39, 0.29) is 35.8 Å². The fourth-order valence-electron chi connectivity index (χ4n) is 3.43. The van der Waals surface area contributed by atoms with Crippen molar-refractivity contribution in [3.63, 3.8) is 0 Å². The molecular weight excluding hydrogens is 312 g/mol. The van der Waals surface area contributed by atoms with Gasteiger partial charge in [-0.05, 0) is 69.3 Å². The summed E-state index contributed by atoms with van der Waals surface area (Å²) in [5, 5.41) is 6.46. The van der Waals surface area contributed by atoms with Gasteiger partial charge in [-0.1, -0.05) is 12.1 Å². The maximum atomic E-state index is 12.5. The molecule has 2 aliphatic rings. The number of anilines is 1. The smallest absolute Gasteiger partial charge is 0.228 e. The lowest BCUT2D eigenvalue weighted by Gasteiger charge is -2.23. The lowest BCUT2D eigenvalue weighted by atomic mass is 9.92. The molecule has 2 fully saturated rings. The number of piperidine rings is 1. The Morgan fingerprint density at radius 3 is 2.83 bits per heavy atom. The zero-order chi connectivity index (χ0) is 15.6. The molecule has 2 N–H and O–H groups in total. The molecule has 23 heavy (non-hydrogen) atoms. The van der Waals surface area contributed by atoms with Crippen LogP contribution in [0.15, 0.2) is 24.3 Å². The number of ether oxygens (including phenoxy) is 1. The van der Waals surface area contributed by atoms with Gasteiger partial charge in [-0.3, -0.25) is 4.79 Å². The Hall–Kier alpha value is -1.10. The second-order valence-electron chi connectivity index (χ2n) is 6.92. The van der Waals surface area contributed by atoms with E-state index in [1.807, 2.05) is 38.1 Å². The maximum absolute atomic E-state index is 12.5. The molecule has 1 aromatic carbocycles. The molecule has 1 heterocycles. The fourth-order valence-corrected chi connectivity index (χ4v) is 3.43. The lowest BCUT2D eigenvalue weighted by Crippen LogP contribution is -2.31. The van der Waals surface area contributed by atoms with Crippen molar-refractivity contribution >= 4 is 24.0 Å². The molecule has 0 radical (unpaired) electrons. The van der Waals surface area contributed by atoms with Gasteiger partial charge in [-0.15, -0.1) is 12.4 Å². The Morgan fingerprint density at radius 1 is 1.39 bits per heavy atom. The molecule has 5 heteroatoms. The van der Waals surface area contributed by atoms with Gasteiger partial charge in [0, 0.05) is 11.6 Å². The third-order valence-electron chi connectivity index (χ3n) is 4.88. The Bertz CT molecular complexity index is 542. The Labute approximate surface area is 144 Å². The van der Waals surface area contributed by atoms with Crippen LogP contribution in [-0.4, -0.2) is 25.1 Å². The van der Waals surface area contributed by atoms with Crippen LogP contribution in [0.1, 0.15) is 38.7 Å². The number of halogens is 1. The van der Waals surface area contributed by atoms with E-state index < -0.39 is 0 Å². The van der Waals surface area contributed by atoms with Gasteiger partial charge in [0.1, 0.15) is 0 Å². The largest absolute Gasteiger partial charge is 0.374 e. The van der Waals surface area contributed by atoms with E-state index in [9.17, 15) is 4.79 Å². The van der Waals surface area contributed by atoms with Crippen molar-refractivity contribution in [2.24, 2.45) is 11.3 Å². The highest BCUT2D eigenvalue weighted by Crippen LogP contribution is 2.58. The second-order valence-corrected chi connectivity index (χ2v) is 6.92. The summed E-state index contributed by atoms with van der Waals surface area (Å²) in [7, 11) is 0. The van der Waals surface area contributed by atoms with Crippen LogP contribution >= 0.6 is 12.4 Å². The lowest BCUT2D eigenvalue weighted by molar-refractivity contribution is -0.118. The third-order valence-corrected chi connectivity index (χ3v) is 4.88. The van der Waals surface area contributed by atoms with E-state index in [1.165, 1.54) is 0 Å². The van der Waals surface area contributed by atoms with Crippen LogP contribution in [0.2, 0.25) is 0 Å². The molecule has 1 atom stereocenters. The fraction of sp³-hybridized carbons (Fsp3) is 0.611. The summed E-state index contributed by atoms with van der Waals surface area (Å²) >= 11 is 0. The van der Waals surface area contributed by atoms with Crippen LogP contribution in [0.4, 0.5) is 5.69 Å². The molecular formula is C18H27ClN2O2. The number of carbonyl (C=O) groups excluding carboxylic acids is 1. The van der Waals surface area contributed by atoms with Crippen molar-refractivity contribution < 1.29 is 9.53 Å². The van der Waals surface area contributed by atoms with E-state index in [4.69, 9.17) is 4.74 Å². The van der Waals surface area contributed by atoms with Crippen molar-refractivity contribution in [1.82, 2.24) is 5.32 Å². The van der Waals surface area contributed by atoms with Crippen molar-refractivity contribution in [2.75, 3.05) is 18.4 Å². The summed E-state index contributed by atoms with van der Waals surface area (Å²) in [6.45, 7) is 6.73. The van der Waals surface area contributed by atoms with E-state index in [0.717, 1.165) is 43.6 Å². The molecule has 1 aliphatic heterocycles. The van der Waals surface area contributed by atoms with Gasteiger partial charge in [0.2, 0.25) is 5.91 Å². The van der Waals surface area contributed by atoms with E-state index in [0.29, 0.717) is 6.61 Å². The van der Waals surface area contributed by atoms with Gasteiger partial charge >= 0.3 is 0 Å². The van der Waals surface area contributed by atoms with Gasteiger partial charge in [0.05, 0.1) is 12.7 Å². The van der Waals surface area contributed by atoms with Crippen molar-refractivity contribution in [2.45, 2.75) is 45.8 Å². The van der Waals surface area contributed by atoms with Crippen LogP contribution in [0, 0.1) is 11.3 Å². The number of carbonyl (C=O) groups is 1. The predicted octanol–water partition coefficient (Wildman–Crippen LogP) is 3.36. The van der Waals surface area contributed by atoms with Gasteiger partial charge in [0.15, 0.2) is 0 Å². The predicted molar refractivity (Wildman–Crippen MR) is 94.9 cm³/mol. The number of hydrogen-bond donors (Lipinski definition) is 2. The topological polar surface area (TPSA) is 50.4 Å². The van der Waals surface area contributed by atoms with Crippen LogP contribution in [0.3, 0.4) is 0 Å². The minimum Gasteiger partial charge on any atom is -0.374 e. The number of amides is 1. The highest BCUT2D eigenvalue weighted by Gasteiger charge is 2.57. The molecule has 1 amide bonds. The molecule has 128 valence electrons. The molecule has 1 saturated carbocycles. The van der Waals surface area contributed by atoms with Gasteiger partial charge in [0.25, 0.3) is 0 Å². The molecule has 0 bridgehead atoms. The molecule has 1 unspecified atom stereocenters. The zero-order valence-corrected chi connectivity index (χ0v) is 14.7. The molecule has 1 saturated heterocycles. The number of rotatable bonds is 5. The van der Waals surface area contributed by atoms with Crippen LogP contribution in [0.25, 0.3) is 0 Å². The average Bonchev–Trinajstić information content (AvgIpc) is 3.20. The minimum atomic E-state index is 0. The first-order valence-corrected chi connectivity index (χ1v) is 8.31. The van der Waals surface area contributed by atoms with Crippen LogP contribution < -0.4 is 10.6 Å². The highest BCUT2D eigenvalue weighted by molar-refractivity contribution is 5.95. The van der Waals surface area contributed by atoms with Gasteiger partial charge in [-0.2, -0.15) is 0 Å². The monoisotopic (exact) mass is 338 g/mol. The summed E-state index contributed by atoms with van der Waals surface area (Å²) in [4.78, 5) is 12.5. The van der Waals surface area contributed by atoms with Crippen LogP contribution in [0.5, 0.6) is 0 Å². The first-order chi connectivity index (χ1) is 10.6. The minimum absolute atomic E-state index is 0. The summed E-state index contributed by atoms with van der Waals surface area (Å²) in [5.74, 6) is 0.383. The third kappa shape index (κ3) is 4.46. The SMILES string of the molecule is CC(C)OCc1cccc(NC(=O)C2CC23CCNCC3)c1.Cl. The number of benzene rings is 1. The van der Waals surface area contributed by atoms with Gasteiger partial charge in [-0.25, -0.2) is 0 Å². The summed E-state index contributed by atoms with van der Waals surface area (Å²) in [5.41, 5.74) is 2.26. The number of hydrogen-bond acceptors (Lipinski definition) is 3. The molecule has 1 aromatic rings. The van der Waals surface area contributed by atoms with E-state index in [1.54, 1.807) is 0 Å². The van der Waals surface area contributed by atoms with Gasteiger partial charge < -0.3 is 15.4 Å². The summed E-state index contributed by atoms with van der Waals surface area (Å²) in [6, 6.07) is 7.97.